The highest BCUT2D eigenvalue weighted by Gasteiger charge is 2.18. The molecule has 2 rings (SSSR count). The average molecular weight is 271 g/mol. The van der Waals surface area contributed by atoms with Gasteiger partial charge in [0.1, 0.15) is 10.7 Å². The molecule has 0 radical (unpaired) electrons. The molecule has 1 aromatic carbocycles. The highest BCUT2D eigenvalue weighted by molar-refractivity contribution is 7.89. The van der Waals surface area contributed by atoms with Crippen LogP contribution in [0.25, 0.3) is 0 Å². The van der Waals surface area contributed by atoms with Gasteiger partial charge in [0, 0.05) is 6.07 Å². The third kappa shape index (κ3) is 2.66. The van der Waals surface area contributed by atoms with Crippen LogP contribution in [0, 0.1) is 5.82 Å². The second kappa shape index (κ2) is 4.75. The number of halogens is 1. The lowest BCUT2D eigenvalue weighted by Crippen LogP contribution is -2.24. The van der Waals surface area contributed by atoms with Gasteiger partial charge in [-0.1, -0.05) is 5.16 Å². The minimum atomic E-state index is -3.89. The van der Waals surface area contributed by atoms with Crippen LogP contribution in [0.2, 0.25) is 0 Å². The zero-order chi connectivity index (χ0) is 13.2. The van der Waals surface area contributed by atoms with Crippen LogP contribution in [0.15, 0.2) is 39.9 Å². The summed E-state index contributed by atoms with van der Waals surface area (Å²) in [4.78, 5) is -0.304. The number of anilines is 1. The first kappa shape index (κ1) is 12.5. The average Bonchev–Trinajstić information content (AvgIpc) is 2.83. The van der Waals surface area contributed by atoms with Gasteiger partial charge >= 0.3 is 0 Å². The van der Waals surface area contributed by atoms with Crippen molar-refractivity contribution in [2.24, 2.45) is 0 Å². The number of aromatic nitrogens is 1. The van der Waals surface area contributed by atoms with E-state index in [1.54, 1.807) is 0 Å². The van der Waals surface area contributed by atoms with E-state index >= 15 is 0 Å². The fourth-order valence-corrected chi connectivity index (χ4v) is 2.45. The van der Waals surface area contributed by atoms with Crippen molar-refractivity contribution in [3.8, 4) is 0 Å². The van der Waals surface area contributed by atoms with Gasteiger partial charge in [-0.2, -0.15) is 0 Å². The van der Waals surface area contributed by atoms with Crippen molar-refractivity contribution in [1.82, 2.24) is 9.88 Å². The quantitative estimate of drug-likeness (QED) is 0.804. The van der Waals surface area contributed by atoms with E-state index in [4.69, 9.17) is 10.3 Å². The Morgan fingerprint density at radius 2 is 2.17 bits per heavy atom. The van der Waals surface area contributed by atoms with Gasteiger partial charge in [0.2, 0.25) is 10.0 Å². The van der Waals surface area contributed by atoms with Gasteiger partial charge in [0.25, 0.3) is 0 Å². The first-order valence-electron chi connectivity index (χ1n) is 4.93. The van der Waals surface area contributed by atoms with Crippen LogP contribution in [0.5, 0.6) is 0 Å². The van der Waals surface area contributed by atoms with E-state index in [0.29, 0.717) is 5.76 Å². The smallest absolute Gasteiger partial charge is 0.243 e. The summed E-state index contributed by atoms with van der Waals surface area (Å²) in [6, 6.07) is 4.65. The number of sulfonamides is 1. The highest BCUT2D eigenvalue weighted by Crippen LogP contribution is 2.19. The zero-order valence-corrected chi connectivity index (χ0v) is 9.95. The molecule has 2 aromatic rings. The SMILES string of the molecule is Nc1ccc(F)cc1S(=O)(=O)NCc1ccno1. The van der Waals surface area contributed by atoms with E-state index in [1.165, 1.54) is 18.3 Å². The lowest BCUT2D eigenvalue weighted by molar-refractivity contribution is 0.380. The van der Waals surface area contributed by atoms with Crippen molar-refractivity contribution in [1.29, 1.82) is 0 Å². The number of nitrogens with zero attached hydrogens (tertiary/aromatic N) is 1. The third-order valence-electron chi connectivity index (χ3n) is 2.19. The zero-order valence-electron chi connectivity index (χ0n) is 9.13. The van der Waals surface area contributed by atoms with Gasteiger partial charge < -0.3 is 10.3 Å². The summed E-state index contributed by atoms with van der Waals surface area (Å²) < 4.78 is 43.8. The second-order valence-electron chi connectivity index (χ2n) is 3.49. The minimum Gasteiger partial charge on any atom is -0.398 e. The van der Waals surface area contributed by atoms with Gasteiger partial charge in [0.15, 0.2) is 5.76 Å². The topological polar surface area (TPSA) is 98.2 Å². The molecule has 0 saturated heterocycles. The van der Waals surface area contributed by atoms with E-state index in [9.17, 15) is 12.8 Å². The van der Waals surface area contributed by atoms with Crippen LogP contribution in [0.4, 0.5) is 10.1 Å². The van der Waals surface area contributed by atoms with Gasteiger partial charge in [-0.25, -0.2) is 17.5 Å². The Morgan fingerprint density at radius 1 is 1.39 bits per heavy atom. The largest absolute Gasteiger partial charge is 0.398 e. The van der Waals surface area contributed by atoms with Gasteiger partial charge in [-0.3, -0.25) is 0 Å². The molecule has 0 aliphatic heterocycles. The van der Waals surface area contributed by atoms with Crippen LogP contribution < -0.4 is 10.5 Å². The fourth-order valence-electron chi connectivity index (χ4n) is 1.32. The number of hydrogen-bond acceptors (Lipinski definition) is 5. The normalized spacial score (nSPS) is 11.6. The van der Waals surface area contributed by atoms with Crippen LogP contribution in [-0.4, -0.2) is 13.6 Å². The monoisotopic (exact) mass is 271 g/mol. The van der Waals surface area contributed by atoms with E-state index in [1.807, 2.05) is 0 Å². The Hall–Kier alpha value is -1.93. The molecule has 8 heteroatoms. The lowest BCUT2D eigenvalue weighted by atomic mass is 10.3. The maximum absolute atomic E-state index is 13.0. The van der Waals surface area contributed by atoms with Crippen molar-refractivity contribution in [3.63, 3.8) is 0 Å². The Bertz CT molecular complexity index is 640. The van der Waals surface area contributed by atoms with Crippen molar-refractivity contribution in [2.45, 2.75) is 11.4 Å². The van der Waals surface area contributed by atoms with E-state index in [0.717, 1.165) is 12.1 Å². The predicted molar refractivity (Wildman–Crippen MR) is 61.3 cm³/mol. The first-order chi connectivity index (χ1) is 8.49. The van der Waals surface area contributed by atoms with Crippen LogP contribution in [-0.2, 0) is 16.6 Å². The summed E-state index contributed by atoms with van der Waals surface area (Å²) >= 11 is 0. The standard InChI is InChI=1S/C10H10FN3O3S/c11-7-1-2-9(12)10(5-7)18(15,16)14-6-8-3-4-13-17-8/h1-5,14H,6,12H2. The minimum absolute atomic E-state index is 0.0264. The van der Waals surface area contributed by atoms with Crippen LogP contribution >= 0.6 is 0 Å². The molecule has 18 heavy (non-hydrogen) atoms. The Balaban J connectivity index is 2.22. The van der Waals surface area contributed by atoms with Crippen molar-refractivity contribution >= 4 is 15.7 Å². The molecule has 3 N–H and O–H groups in total. The molecule has 0 aliphatic carbocycles. The molecule has 0 spiro atoms. The predicted octanol–water partition coefficient (Wildman–Crippen LogP) is 0.874. The summed E-state index contributed by atoms with van der Waals surface area (Å²) in [6.07, 6.45) is 1.39. The van der Waals surface area contributed by atoms with Crippen molar-refractivity contribution in [3.05, 3.63) is 42.0 Å². The summed E-state index contributed by atoms with van der Waals surface area (Å²) in [5, 5.41) is 3.43. The highest BCUT2D eigenvalue weighted by atomic mass is 32.2. The fraction of sp³-hybridized carbons (Fsp3) is 0.100. The molecule has 0 saturated carbocycles. The molecule has 1 aromatic heterocycles. The van der Waals surface area contributed by atoms with Crippen molar-refractivity contribution < 1.29 is 17.3 Å². The number of hydrogen-bond donors (Lipinski definition) is 2. The third-order valence-corrected chi connectivity index (χ3v) is 3.65. The number of nitrogen functional groups attached to an aromatic ring is 1. The number of benzene rings is 1. The van der Waals surface area contributed by atoms with Gasteiger partial charge in [0.05, 0.1) is 18.4 Å². The first-order valence-corrected chi connectivity index (χ1v) is 6.41. The van der Waals surface area contributed by atoms with Gasteiger partial charge in [-0.05, 0) is 18.2 Å². The molecule has 0 bridgehead atoms. The summed E-state index contributed by atoms with van der Waals surface area (Å²) in [5.41, 5.74) is 5.48. The number of nitrogens with two attached hydrogens (primary N) is 1. The number of rotatable bonds is 4. The summed E-state index contributed by atoms with van der Waals surface area (Å²) in [6.45, 7) is -0.0850. The maximum Gasteiger partial charge on any atom is 0.243 e. The lowest BCUT2D eigenvalue weighted by Gasteiger charge is -2.07. The molecular weight excluding hydrogens is 261 g/mol. The van der Waals surface area contributed by atoms with Crippen LogP contribution in [0.1, 0.15) is 5.76 Å². The maximum atomic E-state index is 13.0. The van der Waals surface area contributed by atoms with Gasteiger partial charge in [-0.15, -0.1) is 0 Å². The molecule has 1 heterocycles. The molecule has 0 fully saturated rings. The van der Waals surface area contributed by atoms with Crippen LogP contribution in [0.3, 0.4) is 0 Å². The number of nitrogens with one attached hydrogen (secondary N) is 1. The molecule has 0 amide bonds. The van der Waals surface area contributed by atoms with Crippen molar-refractivity contribution in [2.75, 3.05) is 5.73 Å². The Morgan fingerprint density at radius 3 is 2.83 bits per heavy atom. The molecular formula is C10H10FN3O3S. The molecule has 0 atom stereocenters. The Labute approximate surface area is 103 Å². The van der Waals surface area contributed by atoms with E-state index < -0.39 is 15.8 Å². The second-order valence-corrected chi connectivity index (χ2v) is 5.22. The molecule has 0 unspecified atom stereocenters. The van der Waals surface area contributed by atoms with E-state index in [2.05, 4.69) is 9.88 Å². The molecule has 96 valence electrons. The van der Waals surface area contributed by atoms with E-state index in [-0.39, 0.29) is 17.1 Å². The Kier molecular flexibility index (Phi) is 3.30. The summed E-state index contributed by atoms with van der Waals surface area (Å²) in [7, 11) is -3.89. The molecule has 0 aliphatic rings. The molecule has 6 nitrogen and oxygen atoms in total. The summed E-state index contributed by atoms with van der Waals surface area (Å²) in [5.74, 6) is -0.335.